The van der Waals surface area contributed by atoms with Crippen LogP contribution in [0.25, 0.3) is 0 Å². The molecule has 0 amide bonds. The minimum absolute atomic E-state index is 0.182. The lowest BCUT2D eigenvalue weighted by atomic mass is 10.5. The second-order valence-electron chi connectivity index (χ2n) is 2.65. The minimum atomic E-state index is 0.182. The zero-order valence-electron chi connectivity index (χ0n) is 7.96. The number of hydrogen-bond acceptors (Lipinski definition) is 2. The highest BCUT2D eigenvalue weighted by atomic mass is 15.0. The van der Waals surface area contributed by atoms with E-state index in [-0.39, 0.29) is 5.96 Å². The zero-order valence-corrected chi connectivity index (χ0v) is 7.96. The molecule has 68 valence electrons. The van der Waals surface area contributed by atoms with Crippen LogP contribution in [0.3, 0.4) is 0 Å². The van der Waals surface area contributed by atoms with Crippen LogP contribution in [0.15, 0.2) is 4.99 Å². The largest absolute Gasteiger partial charge is 0.370 e. The molecule has 0 aliphatic rings. The lowest BCUT2D eigenvalue weighted by molar-refractivity contribution is 0.505. The van der Waals surface area contributed by atoms with Gasteiger partial charge in [0.1, 0.15) is 0 Å². The molecule has 4 heteroatoms. The van der Waals surface area contributed by atoms with Crippen LogP contribution in [0.4, 0.5) is 0 Å². The lowest BCUT2D eigenvalue weighted by Crippen LogP contribution is -2.22. The van der Waals surface area contributed by atoms with Crippen LogP contribution in [0.2, 0.25) is 0 Å². The molecule has 0 spiro atoms. The quantitative estimate of drug-likeness (QED) is 0.436. The van der Waals surface area contributed by atoms with Crippen molar-refractivity contribution in [2.75, 3.05) is 27.7 Å². The van der Waals surface area contributed by atoms with Crippen molar-refractivity contribution < 1.29 is 0 Å². The van der Waals surface area contributed by atoms with Crippen molar-refractivity contribution >= 4 is 5.96 Å². The molecule has 0 bridgehead atoms. The highest BCUT2D eigenvalue weighted by Crippen LogP contribution is 1.73. The maximum absolute atomic E-state index is 5.01. The molecule has 0 aromatic rings. The number of aliphatic imine (C=N–C) groups is 1. The highest BCUT2D eigenvalue weighted by Gasteiger charge is 1.74. The van der Waals surface area contributed by atoms with Crippen LogP contribution in [0, 0.1) is 0 Å². The minimum Gasteiger partial charge on any atom is -0.370 e. The maximum atomic E-state index is 5.01. The van der Waals surface area contributed by atoms with Crippen molar-refractivity contribution in [3.8, 4) is 0 Å². The molecule has 0 aliphatic heterocycles. The molecule has 0 saturated heterocycles. The summed E-state index contributed by atoms with van der Waals surface area (Å²) in [5.41, 5.74) is 10.0. The Hall–Kier alpha value is -0.770. The van der Waals surface area contributed by atoms with E-state index in [2.05, 4.69) is 4.99 Å². The molecular weight excluding hydrogens is 140 g/mol. The molecule has 0 aliphatic carbocycles. The smallest absolute Gasteiger partial charge is 0.185 e. The predicted molar refractivity (Wildman–Crippen MR) is 50.6 cm³/mol. The van der Waals surface area contributed by atoms with Gasteiger partial charge < -0.3 is 16.4 Å². The second-order valence-corrected chi connectivity index (χ2v) is 2.65. The van der Waals surface area contributed by atoms with Crippen LogP contribution >= 0.6 is 0 Å². The molecule has 11 heavy (non-hydrogen) atoms. The number of nitrogens with two attached hydrogens (primary N) is 2. The Labute approximate surface area is 69.3 Å². The molecule has 0 aromatic heterocycles. The molecule has 0 unspecified atom stereocenters. The third-order valence-electron chi connectivity index (χ3n) is 0.518. The average Bonchev–Trinajstić information content (AvgIpc) is 1.82. The first kappa shape index (κ1) is 12.9. The van der Waals surface area contributed by atoms with E-state index in [0.29, 0.717) is 0 Å². The van der Waals surface area contributed by atoms with Crippen LogP contribution in [0.5, 0.6) is 0 Å². The molecule has 4 N–H and O–H groups in total. The predicted octanol–water partition coefficient (Wildman–Crippen LogP) is -0.152. The summed E-state index contributed by atoms with van der Waals surface area (Å²) in [4.78, 5) is 5.72. The van der Waals surface area contributed by atoms with Crippen molar-refractivity contribution in [3.63, 3.8) is 0 Å². The Kier molecular flexibility index (Phi) is 10.8. The van der Waals surface area contributed by atoms with Gasteiger partial charge in [-0.25, -0.2) is 0 Å². The summed E-state index contributed by atoms with van der Waals surface area (Å²) in [5, 5.41) is 0. The summed E-state index contributed by atoms with van der Waals surface area (Å²) in [6.07, 6.45) is 0.998. The summed E-state index contributed by atoms with van der Waals surface area (Å²) in [6, 6.07) is 0. The van der Waals surface area contributed by atoms with Crippen LogP contribution < -0.4 is 11.5 Å². The standard InChI is InChI=1S/C4H11N3.C3H9N/c1-2-3-7-4(5)6;1-4(2)3/h2-3H2,1H3,(H4,5,6,7);1-3H3. The van der Waals surface area contributed by atoms with E-state index >= 15 is 0 Å². The Morgan fingerprint density at radius 3 is 1.73 bits per heavy atom. The first-order chi connectivity index (χ1) is 5.00. The fraction of sp³-hybridized carbons (Fsp3) is 0.857. The molecular formula is C7H20N4. The fourth-order valence-electron chi connectivity index (χ4n) is 0.241. The van der Waals surface area contributed by atoms with Gasteiger partial charge in [0.05, 0.1) is 0 Å². The van der Waals surface area contributed by atoms with Crippen molar-refractivity contribution in [2.45, 2.75) is 13.3 Å². The Balaban J connectivity index is 0. The second kappa shape index (κ2) is 9.23. The van der Waals surface area contributed by atoms with Gasteiger partial charge in [-0.05, 0) is 27.6 Å². The van der Waals surface area contributed by atoms with Gasteiger partial charge in [0, 0.05) is 6.54 Å². The van der Waals surface area contributed by atoms with E-state index in [9.17, 15) is 0 Å². The third-order valence-corrected chi connectivity index (χ3v) is 0.518. The number of rotatable bonds is 2. The molecule has 0 fully saturated rings. The highest BCUT2D eigenvalue weighted by molar-refractivity contribution is 5.75. The van der Waals surface area contributed by atoms with Gasteiger partial charge in [-0.2, -0.15) is 0 Å². The van der Waals surface area contributed by atoms with Crippen molar-refractivity contribution in [1.82, 2.24) is 4.90 Å². The summed E-state index contributed by atoms with van der Waals surface area (Å²) >= 11 is 0. The number of hydrogen-bond donors (Lipinski definition) is 2. The first-order valence-electron chi connectivity index (χ1n) is 3.67. The van der Waals surface area contributed by atoms with Gasteiger partial charge in [-0.15, -0.1) is 0 Å². The molecule has 0 radical (unpaired) electrons. The SMILES string of the molecule is CCCN=C(N)N.CN(C)C. The molecule has 4 nitrogen and oxygen atoms in total. The van der Waals surface area contributed by atoms with Crippen molar-refractivity contribution in [3.05, 3.63) is 0 Å². The fourth-order valence-corrected chi connectivity index (χ4v) is 0.241. The topological polar surface area (TPSA) is 67.6 Å². The van der Waals surface area contributed by atoms with Gasteiger partial charge >= 0.3 is 0 Å². The van der Waals surface area contributed by atoms with E-state index in [1.54, 1.807) is 0 Å². The molecule has 0 aromatic carbocycles. The molecule has 0 rings (SSSR count). The number of nitrogens with zero attached hydrogens (tertiary/aromatic N) is 2. The molecule has 0 saturated carbocycles. The first-order valence-corrected chi connectivity index (χ1v) is 3.67. The van der Waals surface area contributed by atoms with Crippen molar-refractivity contribution in [2.24, 2.45) is 16.5 Å². The monoisotopic (exact) mass is 160 g/mol. The summed E-state index contributed by atoms with van der Waals surface area (Å²) in [6.45, 7) is 2.76. The summed E-state index contributed by atoms with van der Waals surface area (Å²) in [5.74, 6) is 0.182. The van der Waals surface area contributed by atoms with E-state index in [4.69, 9.17) is 11.5 Å². The van der Waals surface area contributed by atoms with E-state index in [1.165, 1.54) is 0 Å². The lowest BCUT2D eigenvalue weighted by Gasteiger charge is -1.90. The van der Waals surface area contributed by atoms with Crippen LogP contribution in [0.1, 0.15) is 13.3 Å². The molecule has 0 atom stereocenters. The summed E-state index contributed by atoms with van der Waals surface area (Å²) in [7, 11) is 6.00. The van der Waals surface area contributed by atoms with Gasteiger partial charge in [0.25, 0.3) is 0 Å². The third kappa shape index (κ3) is 46.2. The Morgan fingerprint density at radius 2 is 1.64 bits per heavy atom. The van der Waals surface area contributed by atoms with Crippen LogP contribution in [-0.4, -0.2) is 38.5 Å². The van der Waals surface area contributed by atoms with Gasteiger partial charge in [-0.1, -0.05) is 6.92 Å². The van der Waals surface area contributed by atoms with Crippen LogP contribution in [-0.2, 0) is 0 Å². The average molecular weight is 160 g/mol. The molecule has 0 heterocycles. The number of guanidine groups is 1. The van der Waals surface area contributed by atoms with Gasteiger partial charge in [-0.3, -0.25) is 4.99 Å². The van der Waals surface area contributed by atoms with E-state index < -0.39 is 0 Å². The zero-order chi connectivity index (χ0) is 9.28. The summed E-state index contributed by atoms with van der Waals surface area (Å²) < 4.78 is 0. The maximum Gasteiger partial charge on any atom is 0.185 e. The van der Waals surface area contributed by atoms with E-state index in [0.717, 1.165) is 13.0 Å². The van der Waals surface area contributed by atoms with Gasteiger partial charge in [0.2, 0.25) is 0 Å². The Morgan fingerprint density at radius 1 is 1.27 bits per heavy atom. The normalized spacial score (nSPS) is 8.45. The van der Waals surface area contributed by atoms with E-state index in [1.807, 2.05) is 33.0 Å². The van der Waals surface area contributed by atoms with Gasteiger partial charge in [0.15, 0.2) is 5.96 Å². The Bertz CT molecular complexity index is 91.9. The van der Waals surface area contributed by atoms with Crippen molar-refractivity contribution in [1.29, 1.82) is 0 Å².